The topological polar surface area (TPSA) is 41.1 Å². The average molecular weight is 479 g/mol. The monoisotopic (exact) mass is 478 g/mol. The zero-order valence-electron chi connectivity index (χ0n) is 20.2. The summed E-state index contributed by atoms with van der Waals surface area (Å²) < 4.78 is 0. The van der Waals surface area contributed by atoms with Crippen LogP contribution in [-0.4, -0.2) is 41.0 Å². The third-order valence-corrected chi connectivity index (χ3v) is 6.75. The van der Waals surface area contributed by atoms with Gasteiger partial charge in [-0.15, -0.1) is 12.4 Å². The normalized spacial score (nSPS) is 20.5. The lowest BCUT2D eigenvalue weighted by molar-refractivity contribution is 0.167. The van der Waals surface area contributed by atoms with E-state index in [0.29, 0.717) is 0 Å². The predicted molar refractivity (Wildman–Crippen MR) is 143 cm³/mol. The van der Waals surface area contributed by atoms with Gasteiger partial charge >= 0.3 is 0 Å². The average Bonchev–Trinajstić information content (AvgIpc) is 2.87. The van der Waals surface area contributed by atoms with Crippen LogP contribution < -0.4 is 5.32 Å². The van der Waals surface area contributed by atoms with Gasteiger partial charge in [0.05, 0.1) is 0 Å². The van der Waals surface area contributed by atoms with Crippen molar-refractivity contribution >= 4 is 12.4 Å². The van der Waals surface area contributed by atoms with Crippen molar-refractivity contribution < 1.29 is 0 Å². The van der Waals surface area contributed by atoms with E-state index in [-0.39, 0.29) is 12.4 Å². The number of hydrogen-bond donors (Lipinski definition) is 1. The maximum atomic E-state index is 4.22. The molecule has 2 atom stereocenters. The van der Waals surface area contributed by atoms with Gasteiger partial charge in [-0.2, -0.15) is 0 Å². The number of hydrogen-bond acceptors (Lipinski definition) is 4. The molecular formula is C29H39ClN4. The highest BCUT2D eigenvalue weighted by atomic mass is 35.5. The number of nitrogens with one attached hydrogen (secondary N) is 1. The van der Waals surface area contributed by atoms with Gasteiger partial charge in [-0.05, 0) is 98.8 Å². The van der Waals surface area contributed by atoms with Crippen molar-refractivity contribution in [1.82, 2.24) is 20.2 Å². The van der Waals surface area contributed by atoms with Gasteiger partial charge in [-0.3, -0.25) is 14.9 Å². The van der Waals surface area contributed by atoms with Crippen molar-refractivity contribution in [3.63, 3.8) is 0 Å². The lowest BCUT2D eigenvalue weighted by Crippen LogP contribution is -2.35. The van der Waals surface area contributed by atoms with Crippen molar-refractivity contribution in [2.45, 2.75) is 45.1 Å². The molecule has 0 amide bonds. The molecule has 0 aliphatic carbocycles. The maximum absolute atomic E-state index is 4.22. The molecule has 2 unspecified atom stereocenters. The van der Waals surface area contributed by atoms with Crippen LogP contribution in [0.4, 0.5) is 0 Å². The molecule has 0 saturated carbocycles. The minimum absolute atomic E-state index is 0. The molecule has 2 aromatic heterocycles. The second-order valence-electron chi connectivity index (χ2n) is 9.57. The first-order valence-corrected chi connectivity index (χ1v) is 12.6. The van der Waals surface area contributed by atoms with Crippen LogP contribution in [0.15, 0.2) is 79.4 Å². The summed E-state index contributed by atoms with van der Waals surface area (Å²) in [5.74, 6) is 1.59. The summed E-state index contributed by atoms with van der Waals surface area (Å²) in [6, 6.07) is 19.2. The van der Waals surface area contributed by atoms with Gasteiger partial charge in [-0.25, -0.2) is 0 Å². The van der Waals surface area contributed by atoms with E-state index in [1.165, 1.54) is 81.4 Å². The molecule has 2 fully saturated rings. The van der Waals surface area contributed by atoms with E-state index in [2.05, 4.69) is 62.6 Å². The Morgan fingerprint density at radius 1 is 0.765 bits per heavy atom. The van der Waals surface area contributed by atoms with E-state index in [1.807, 2.05) is 36.9 Å². The molecule has 0 bridgehead atoms. The van der Waals surface area contributed by atoms with E-state index in [0.717, 1.165) is 18.4 Å². The van der Waals surface area contributed by atoms with Crippen molar-refractivity contribution in [1.29, 1.82) is 0 Å². The molecule has 0 spiro atoms. The molecule has 5 rings (SSSR count). The molecule has 1 aromatic carbocycles. The molecule has 4 heterocycles. The Morgan fingerprint density at radius 3 is 2.03 bits per heavy atom. The zero-order chi connectivity index (χ0) is 22.6. The third kappa shape index (κ3) is 9.17. The molecular weight excluding hydrogens is 440 g/mol. The molecule has 182 valence electrons. The largest absolute Gasteiger partial charge is 0.316 e. The minimum Gasteiger partial charge on any atom is -0.316 e. The maximum Gasteiger partial charge on any atom is 0.0299 e. The second-order valence-corrected chi connectivity index (χ2v) is 9.57. The van der Waals surface area contributed by atoms with E-state index >= 15 is 0 Å². The van der Waals surface area contributed by atoms with Crippen LogP contribution in [0.3, 0.4) is 0 Å². The third-order valence-electron chi connectivity index (χ3n) is 6.75. The number of pyridine rings is 2. The number of nitrogens with zero attached hydrogens (tertiary/aromatic N) is 3. The Kier molecular flexibility index (Phi) is 11.5. The van der Waals surface area contributed by atoms with Gasteiger partial charge in [-0.1, -0.05) is 42.5 Å². The quantitative estimate of drug-likeness (QED) is 0.502. The Labute approximate surface area is 211 Å². The highest BCUT2D eigenvalue weighted by molar-refractivity contribution is 5.85. The van der Waals surface area contributed by atoms with Crippen LogP contribution in [-0.2, 0) is 19.4 Å². The molecule has 2 aliphatic rings. The van der Waals surface area contributed by atoms with Gasteiger partial charge < -0.3 is 5.32 Å². The number of likely N-dealkylation sites (tertiary alicyclic amines) is 1. The van der Waals surface area contributed by atoms with Crippen molar-refractivity contribution in [3.8, 4) is 0 Å². The van der Waals surface area contributed by atoms with Crippen molar-refractivity contribution in [3.05, 3.63) is 96.1 Å². The van der Waals surface area contributed by atoms with E-state index in [4.69, 9.17) is 0 Å². The number of piperidine rings is 2. The number of aromatic nitrogens is 2. The summed E-state index contributed by atoms with van der Waals surface area (Å²) in [6.07, 6.45) is 15.4. The first-order chi connectivity index (χ1) is 16.3. The van der Waals surface area contributed by atoms with Gasteiger partial charge in [0.15, 0.2) is 0 Å². The van der Waals surface area contributed by atoms with Gasteiger partial charge in [0.1, 0.15) is 0 Å². The lowest BCUT2D eigenvalue weighted by Gasteiger charge is -2.32. The summed E-state index contributed by atoms with van der Waals surface area (Å²) in [5, 5.41) is 3.43. The van der Waals surface area contributed by atoms with E-state index in [9.17, 15) is 0 Å². The molecule has 2 saturated heterocycles. The highest BCUT2D eigenvalue weighted by Crippen LogP contribution is 2.22. The summed E-state index contributed by atoms with van der Waals surface area (Å²) in [5.41, 5.74) is 4.17. The second kappa shape index (κ2) is 14.9. The van der Waals surface area contributed by atoms with Crippen molar-refractivity contribution in [2.75, 3.05) is 26.2 Å². The van der Waals surface area contributed by atoms with Crippen LogP contribution in [0.2, 0.25) is 0 Å². The predicted octanol–water partition coefficient (Wildman–Crippen LogP) is 5.58. The summed E-state index contributed by atoms with van der Waals surface area (Å²) in [7, 11) is 0. The Balaban J connectivity index is 0.000000201. The van der Waals surface area contributed by atoms with E-state index < -0.39 is 0 Å². The first-order valence-electron chi connectivity index (χ1n) is 12.6. The molecule has 0 radical (unpaired) electrons. The fourth-order valence-corrected chi connectivity index (χ4v) is 5.11. The van der Waals surface area contributed by atoms with Crippen LogP contribution in [0, 0.1) is 11.8 Å². The highest BCUT2D eigenvalue weighted by Gasteiger charge is 2.20. The fourth-order valence-electron chi connectivity index (χ4n) is 5.11. The SMILES string of the molecule is Cl.c1ccc(CN2CCCC(Cc3cccnc3)C2)cc1.c1cncc(CC2CCCNC2)c1. The summed E-state index contributed by atoms with van der Waals surface area (Å²) in [4.78, 5) is 11.0. The fraction of sp³-hybridized carbons (Fsp3) is 0.448. The van der Waals surface area contributed by atoms with Gasteiger partial charge in [0.2, 0.25) is 0 Å². The summed E-state index contributed by atoms with van der Waals surface area (Å²) >= 11 is 0. The van der Waals surface area contributed by atoms with Crippen LogP contribution in [0.5, 0.6) is 0 Å². The van der Waals surface area contributed by atoms with Crippen LogP contribution >= 0.6 is 12.4 Å². The van der Waals surface area contributed by atoms with E-state index in [1.54, 1.807) is 0 Å². The van der Waals surface area contributed by atoms with Gasteiger partial charge in [0.25, 0.3) is 0 Å². The van der Waals surface area contributed by atoms with Crippen LogP contribution in [0.1, 0.15) is 42.4 Å². The zero-order valence-corrected chi connectivity index (χ0v) is 21.0. The smallest absolute Gasteiger partial charge is 0.0299 e. The molecule has 1 N–H and O–H groups in total. The van der Waals surface area contributed by atoms with Gasteiger partial charge in [0, 0.05) is 37.9 Å². The summed E-state index contributed by atoms with van der Waals surface area (Å²) in [6.45, 7) is 5.91. The molecule has 3 aromatic rings. The number of benzene rings is 1. The molecule has 34 heavy (non-hydrogen) atoms. The number of rotatable bonds is 6. The molecule has 4 nitrogen and oxygen atoms in total. The van der Waals surface area contributed by atoms with Crippen LogP contribution in [0.25, 0.3) is 0 Å². The minimum atomic E-state index is 0. The van der Waals surface area contributed by atoms with Crippen molar-refractivity contribution in [2.24, 2.45) is 11.8 Å². The first kappa shape index (κ1) is 26.3. The molecule has 2 aliphatic heterocycles. The standard InChI is InChI=1S/C18H22N2.C11H16N2.ClH/c1-2-6-16(7-3-1)14-20-11-5-9-18(15-20)12-17-8-4-10-19-13-17;1-3-10(8-12-5-1)7-11-4-2-6-13-9-11;/h1-4,6-8,10,13,18H,5,9,11-12,14-15H2;1,3,5,8,11,13H,2,4,6-7,9H2;1H. The Hall–Kier alpha value is -2.27. The lowest BCUT2D eigenvalue weighted by atomic mass is 9.91. The number of halogens is 1. The Morgan fingerprint density at radius 2 is 1.41 bits per heavy atom. The Bertz CT molecular complexity index is 854. The molecule has 5 heteroatoms.